The number of nitrogens with zero attached hydrogens (tertiary/aromatic N) is 3. The minimum Gasteiger partial charge on any atom is -0.356 e. The van der Waals surface area contributed by atoms with E-state index in [-0.39, 0.29) is 18.4 Å². The van der Waals surface area contributed by atoms with Crippen molar-refractivity contribution in [3.05, 3.63) is 41.5 Å². The third kappa shape index (κ3) is 3.12. The zero-order valence-corrected chi connectivity index (χ0v) is 14.0. The van der Waals surface area contributed by atoms with Crippen LogP contribution in [0.4, 0.5) is 5.13 Å². The normalized spacial score (nSPS) is 15.8. The number of thiazole rings is 1. The number of aromatic nitrogens is 2. The number of benzene rings is 1. The van der Waals surface area contributed by atoms with Gasteiger partial charge in [-0.1, -0.05) is 17.3 Å². The molecule has 1 amide bonds. The molecule has 124 valence electrons. The van der Waals surface area contributed by atoms with Gasteiger partial charge >= 0.3 is 0 Å². The molecular weight excluding hydrogens is 324 g/mol. The molecule has 1 fully saturated rings. The minimum atomic E-state index is 0.00162. The zero-order valence-electron chi connectivity index (χ0n) is 13.1. The molecule has 1 aromatic carbocycles. The molecule has 1 aliphatic rings. The Hall–Kier alpha value is -2.41. The Morgan fingerprint density at radius 3 is 2.96 bits per heavy atom. The molecule has 1 saturated heterocycles. The smallest absolute Gasteiger partial charge is 0.226 e. The number of rotatable bonds is 4. The minimum absolute atomic E-state index is 0.00162. The number of hydrogen-bond acceptors (Lipinski definition) is 6. The second kappa shape index (κ2) is 6.60. The maximum Gasteiger partial charge on any atom is 0.226 e. The zero-order chi connectivity index (χ0) is 16.4. The van der Waals surface area contributed by atoms with Crippen molar-refractivity contribution in [3.63, 3.8) is 0 Å². The van der Waals surface area contributed by atoms with E-state index >= 15 is 0 Å². The summed E-state index contributed by atoms with van der Waals surface area (Å²) in [5.41, 5.74) is 1.42. The van der Waals surface area contributed by atoms with Crippen LogP contribution >= 0.6 is 11.3 Å². The average Bonchev–Trinajstić information content (AvgIpc) is 3.26. The lowest BCUT2D eigenvalue weighted by atomic mass is 10.0. The molecule has 6 nitrogen and oxygen atoms in total. The molecule has 0 unspecified atom stereocenters. The Morgan fingerprint density at radius 2 is 2.17 bits per heavy atom. The van der Waals surface area contributed by atoms with Crippen LogP contribution in [0.1, 0.15) is 18.5 Å². The Bertz CT molecular complexity index is 822. The molecule has 3 aromatic rings. The molecule has 7 heteroatoms. The first-order valence-corrected chi connectivity index (χ1v) is 8.94. The van der Waals surface area contributed by atoms with Crippen molar-refractivity contribution in [1.29, 1.82) is 0 Å². The summed E-state index contributed by atoms with van der Waals surface area (Å²) in [5, 5.41) is 11.1. The number of anilines is 1. The molecule has 1 N–H and O–H groups in total. The van der Waals surface area contributed by atoms with Gasteiger partial charge in [-0.2, -0.15) is 0 Å². The monoisotopic (exact) mass is 342 g/mol. The van der Waals surface area contributed by atoms with Crippen LogP contribution in [0.15, 0.2) is 40.4 Å². The fourth-order valence-electron chi connectivity index (χ4n) is 3.08. The average molecular weight is 342 g/mol. The summed E-state index contributed by atoms with van der Waals surface area (Å²) in [6, 6.07) is 7.83. The largest absolute Gasteiger partial charge is 0.356 e. The SMILES string of the molecule is O=C(Cc1noc2ccccc12)NC1CCN(c2nccs2)CC1. The van der Waals surface area contributed by atoms with E-state index in [9.17, 15) is 4.79 Å². The first-order chi connectivity index (χ1) is 11.8. The standard InChI is InChI=1S/C17H18N4O2S/c22-16(11-14-13-3-1-2-4-15(13)23-20-14)19-12-5-8-21(9-6-12)17-18-7-10-24-17/h1-4,7,10,12H,5-6,8-9,11H2,(H,19,22). The van der Waals surface area contributed by atoms with Gasteiger partial charge in [0.05, 0.1) is 6.42 Å². The summed E-state index contributed by atoms with van der Waals surface area (Å²) in [4.78, 5) is 18.9. The second-order valence-electron chi connectivity index (χ2n) is 5.95. The number of carbonyl (C=O) groups excluding carboxylic acids is 1. The molecule has 0 atom stereocenters. The molecule has 4 rings (SSSR count). The summed E-state index contributed by atoms with van der Waals surface area (Å²) < 4.78 is 5.25. The first-order valence-electron chi connectivity index (χ1n) is 8.07. The van der Waals surface area contributed by atoms with Crippen LogP contribution in [-0.2, 0) is 11.2 Å². The molecule has 0 spiro atoms. The summed E-state index contributed by atoms with van der Waals surface area (Å²) in [6.07, 6.45) is 3.95. The van der Waals surface area contributed by atoms with Crippen molar-refractivity contribution >= 4 is 33.3 Å². The van der Waals surface area contributed by atoms with Gasteiger partial charge in [0.25, 0.3) is 0 Å². The Morgan fingerprint density at radius 1 is 1.33 bits per heavy atom. The van der Waals surface area contributed by atoms with Crippen LogP contribution < -0.4 is 10.2 Å². The fraction of sp³-hybridized carbons (Fsp3) is 0.353. The quantitative estimate of drug-likeness (QED) is 0.789. The van der Waals surface area contributed by atoms with E-state index in [1.54, 1.807) is 11.3 Å². The summed E-state index contributed by atoms with van der Waals surface area (Å²) in [5.74, 6) is 0.00162. The van der Waals surface area contributed by atoms with Crippen molar-refractivity contribution < 1.29 is 9.32 Å². The molecule has 0 saturated carbocycles. The maximum absolute atomic E-state index is 12.3. The van der Waals surface area contributed by atoms with Gasteiger partial charge in [-0.3, -0.25) is 4.79 Å². The van der Waals surface area contributed by atoms with Gasteiger partial charge in [-0.25, -0.2) is 4.98 Å². The summed E-state index contributed by atoms with van der Waals surface area (Å²) in [7, 11) is 0. The molecule has 3 heterocycles. The highest BCUT2D eigenvalue weighted by Crippen LogP contribution is 2.22. The lowest BCUT2D eigenvalue weighted by Gasteiger charge is -2.32. The maximum atomic E-state index is 12.3. The van der Waals surface area contributed by atoms with E-state index in [1.807, 2.05) is 35.8 Å². The number of fused-ring (bicyclic) bond motifs is 1. The van der Waals surface area contributed by atoms with Gasteiger partial charge < -0.3 is 14.7 Å². The van der Waals surface area contributed by atoms with Crippen molar-refractivity contribution in [1.82, 2.24) is 15.5 Å². The number of nitrogens with one attached hydrogen (secondary N) is 1. The van der Waals surface area contributed by atoms with E-state index in [0.29, 0.717) is 5.69 Å². The third-order valence-electron chi connectivity index (χ3n) is 4.33. The van der Waals surface area contributed by atoms with E-state index in [2.05, 4.69) is 20.4 Å². The van der Waals surface area contributed by atoms with Crippen LogP contribution in [0.2, 0.25) is 0 Å². The van der Waals surface area contributed by atoms with Gasteiger partial charge in [0.2, 0.25) is 5.91 Å². The highest BCUT2D eigenvalue weighted by Gasteiger charge is 2.22. The van der Waals surface area contributed by atoms with Gasteiger partial charge in [0.15, 0.2) is 10.7 Å². The van der Waals surface area contributed by atoms with Crippen LogP contribution in [0.3, 0.4) is 0 Å². The van der Waals surface area contributed by atoms with Crippen LogP contribution in [0.25, 0.3) is 11.0 Å². The van der Waals surface area contributed by atoms with E-state index in [4.69, 9.17) is 4.52 Å². The van der Waals surface area contributed by atoms with Crippen molar-refractivity contribution in [3.8, 4) is 0 Å². The van der Waals surface area contributed by atoms with Gasteiger partial charge in [0.1, 0.15) is 5.69 Å². The van der Waals surface area contributed by atoms with E-state index in [0.717, 1.165) is 42.0 Å². The summed E-state index contributed by atoms with van der Waals surface area (Å²) in [6.45, 7) is 1.84. The van der Waals surface area contributed by atoms with Gasteiger partial charge in [-0.05, 0) is 25.0 Å². The van der Waals surface area contributed by atoms with Crippen LogP contribution in [0, 0.1) is 0 Å². The Balaban J connectivity index is 1.32. The number of amides is 1. The number of hydrogen-bond donors (Lipinski definition) is 1. The third-order valence-corrected chi connectivity index (χ3v) is 5.16. The number of para-hydroxylation sites is 1. The molecule has 1 aliphatic heterocycles. The van der Waals surface area contributed by atoms with Gasteiger partial charge in [0, 0.05) is 36.1 Å². The van der Waals surface area contributed by atoms with Gasteiger partial charge in [-0.15, -0.1) is 11.3 Å². The molecule has 24 heavy (non-hydrogen) atoms. The highest BCUT2D eigenvalue weighted by molar-refractivity contribution is 7.13. The molecular formula is C17H18N4O2S. The van der Waals surface area contributed by atoms with Crippen LogP contribution in [0.5, 0.6) is 0 Å². The Labute approximate surface area is 143 Å². The first kappa shape index (κ1) is 15.1. The predicted molar refractivity (Wildman–Crippen MR) is 93.2 cm³/mol. The highest BCUT2D eigenvalue weighted by atomic mass is 32.1. The molecule has 0 aliphatic carbocycles. The number of piperidine rings is 1. The second-order valence-corrected chi connectivity index (χ2v) is 6.82. The lowest BCUT2D eigenvalue weighted by molar-refractivity contribution is -0.121. The van der Waals surface area contributed by atoms with Crippen LogP contribution in [-0.4, -0.2) is 35.2 Å². The van der Waals surface area contributed by atoms with E-state index < -0.39 is 0 Å². The predicted octanol–water partition coefficient (Wildman–Crippen LogP) is 2.61. The topological polar surface area (TPSA) is 71.3 Å². The molecule has 0 radical (unpaired) electrons. The molecule has 0 bridgehead atoms. The van der Waals surface area contributed by atoms with E-state index in [1.165, 1.54) is 0 Å². The Kier molecular flexibility index (Phi) is 4.17. The van der Waals surface area contributed by atoms with Crippen molar-refractivity contribution in [2.24, 2.45) is 0 Å². The summed E-state index contributed by atoms with van der Waals surface area (Å²) >= 11 is 1.66. The molecule has 2 aromatic heterocycles. The fourth-order valence-corrected chi connectivity index (χ4v) is 3.78. The number of carbonyl (C=O) groups is 1. The lowest BCUT2D eigenvalue weighted by Crippen LogP contribution is -2.45. The van der Waals surface area contributed by atoms with Crippen molar-refractivity contribution in [2.75, 3.05) is 18.0 Å². The van der Waals surface area contributed by atoms with Crippen molar-refractivity contribution in [2.45, 2.75) is 25.3 Å².